The van der Waals surface area contributed by atoms with Crippen LogP contribution in [-0.4, -0.2) is 41.2 Å². The smallest absolute Gasteiger partial charge is 0.399 e. The first-order valence-electron chi connectivity index (χ1n) is 6.99. The van der Waals surface area contributed by atoms with E-state index < -0.39 is 0 Å². The van der Waals surface area contributed by atoms with Gasteiger partial charge in [0.1, 0.15) is 0 Å². The van der Waals surface area contributed by atoms with Gasteiger partial charge < -0.3 is 14.6 Å². The van der Waals surface area contributed by atoms with Crippen LogP contribution >= 0.6 is 0 Å². The number of hydrogen-bond donors (Lipinski definition) is 1. The van der Waals surface area contributed by atoms with Crippen LogP contribution in [-0.2, 0) is 9.31 Å². The molecule has 2 aliphatic rings. The second-order valence-corrected chi connectivity index (χ2v) is 6.49. The van der Waals surface area contributed by atoms with E-state index in [4.69, 9.17) is 9.31 Å². The molecule has 0 bridgehead atoms. The largest absolute Gasteiger partial charge is 0.498 e. The lowest BCUT2D eigenvalue weighted by Gasteiger charge is -2.32. The third-order valence-electron chi connectivity index (χ3n) is 4.56. The van der Waals surface area contributed by atoms with Gasteiger partial charge in [-0.15, -0.1) is 0 Å². The van der Waals surface area contributed by atoms with Crippen LogP contribution in [0.1, 0.15) is 40.2 Å². The maximum absolute atomic E-state index is 6.03. The zero-order chi connectivity index (χ0) is 13.7. The first-order valence-corrected chi connectivity index (χ1v) is 6.99. The van der Waals surface area contributed by atoms with Crippen molar-refractivity contribution in [3.05, 3.63) is 12.4 Å². The van der Waals surface area contributed by atoms with Gasteiger partial charge in [-0.25, -0.2) is 0 Å². The van der Waals surface area contributed by atoms with Crippen molar-refractivity contribution < 1.29 is 9.31 Å². The van der Waals surface area contributed by atoms with Crippen LogP contribution in [0.5, 0.6) is 0 Å². The Hall–Kier alpha value is -0.845. The molecule has 2 saturated heterocycles. The number of rotatable bonds is 2. The predicted octanol–water partition coefficient (Wildman–Crippen LogP) is 0.717. The van der Waals surface area contributed by atoms with Gasteiger partial charge in [0, 0.05) is 24.4 Å². The Labute approximate surface area is 114 Å². The van der Waals surface area contributed by atoms with Crippen LogP contribution < -0.4 is 10.8 Å². The molecule has 1 aromatic heterocycles. The molecule has 1 N–H and O–H groups in total. The highest BCUT2D eigenvalue weighted by Crippen LogP contribution is 2.36. The quantitative estimate of drug-likeness (QED) is 0.799. The topological polar surface area (TPSA) is 48.3 Å². The molecule has 1 atom stereocenters. The fourth-order valence-electron chi connectivity index (χ4n) is 2.52. The zero-order valence-electron chi connectivity index (χ0n) is 12.1. The van der Waals surface area contributed by atoms with Gasteiger partial charge in [-0.2, -0.15) is 5.10 Å². The third-order valence-corrected chi connectivity index (χ3v) is 4.56. The van der Waals surface area contributed by atoms with Gasteiger partial charge in [0.05, 0.1) is 17.2 Å². The van der Waals surface area contributed by atoms with Crippen molar-refractivity contribution in [3.8, 4) is 0 Å². The van der Waals surface area contributed by atoms with Crippen LogP contribution in [0.25, 0.3) is 0 Å². The Kier molecular flexibility index (Phi) is 3.00. The first kappa shape index (κ1) is 13.2. The molecule has 0 aromatic carbocycles. The molecule has 0 radical (unpaired) electrons. The molecular weight excluding hydrogens is 241 g/mol. The molecule has 1 aromatic rings. The molecule has 3 rings (SSSR count). The van der Waals surface area contributed by atoms with Gasteiger partial charge in [-0.3, -0.25) is 4.68 Å². The fourth-order valence-corrected chi connectivity index (χ4v) is 2.52. The number of hydrogen-bond acceptors (Lipinski definition) is 4. The van der Waals surface area contributed by atoms with E-state index >= 15 is 0 Å². The maximum Gasteiger partial charge on any atom is 0.498 e. The summed E-state index contributed by atoms with van der Waals surface area (Å²) in [6.45, 7) is 10.3. The molecule has 104 valence electrons. The minimum atomic E-state index is -0.312. The summed E-state index contributed by atoms with van der Waals surface area (Å²) >= 11 is 0. The molecule has 2 aliphatic heterocycles. The molecule has 0 spiro atoms. The van der Waals surface area contributed by atoms with Crippen molar-refractivity contribution in [2.24, 2.45) is 0 Å². The fraction of sp³-hybridized carbons (Fsp3) is 0.769. The highest BCUT2D eigenvalue weighted by molar-refractivity contribution is 6.61. The molecule has 5 nitrogen and oxygen atoms in total. The minimum Gasteiger partial charge on any atom is -0.399 e. The number of nitrogens with one attached hydrogen (secondary N) is 1. The lowest BCUT2D eigenvalue weighted by atomic mass is 9.82. The number of nitrogens with zero attached hydrogens (tertiary/aromatic N) is 2. The van der Waals surface area contributed by atoms with Gasteiger partial charge in [-0.1, -0.05) is 0 Å². The third kappa shape index (κ3) is 2.22. The van der Waals surface area contributed by atoms with E-state index in [0.29, 0.717) is 6.04 Å². The molecule has 0 saturated carbocycles. The molecule has 19 heavy (non-hydrogen) atoms. The summed E-state index contributed by atoms with van der Waals surface area (Å²) in [6.07, 6.45) is 5.05. The van der Waals surface area contributed by atoms with Gasteiger partial charge in [0.2, 0.25) is 0 Å². The second-order valence-electron chi connectivity index (χ2n) is 6.49. The number of aromatic nitrogens is 2. The molecule has 0 aliphatic carbocycles. The van der Waals surface area contributed by atoms with Crippen LogP contribution in [0.2, 0.25) is 0 Å². The standard InChI is InChI=1S/C13H22BN3O2/c1-12(2)13(3,4)19-14(18-12)10-7-16-17(9-10)11-5-6-15-8-11/h7,9,11,15H,5-6,8H2,1-4H3. The SMILES string of the molecule is CC1(C)OB(c2cnn(C3CCNC3)c2)OC1(C)C. The van der Waals surface area contributed by atoms with Gasteiger partial charge in [0.25, 0.3) is 0 Å². The Morgan fingerprint density at radius 3 is 2.58 bits per heavy atom. The van der Waals surface area contributed by atoms with Crippen LogP contribution in [0.3, 0.4) is 0 Å². The molecule has 0 amide bonds. The van der Waals surface area contributed by atoms with Crippen molar-refractivity contribution in [3.63, 3.8) is 0 Å². The summed E-state index contributed by atoms with van der Waals surface area (Å²) in [7, 11) is -0.312. The molecular formula is C13H22BN3O2. The summed E-state index contributed by atoms with van der Waals surface area (Å²) in [5.74, 6) is 0. The summed E-state index contributed by atoms with van der Waals surface area (Å²) in [4.78, 5) is 0. The summed E-state index contributed by atoms with van der Waals surface area (Å²) in [5.41, 5.74) is 0.411. The van der Waals surface area contributed by atoms with Crippen LogP contribution in [0.4, 0.5) is 0 Å². The maximum atomic E-state index is 6.03. The molecule has 3 heterocycles. The van der Waals surface area contributed by atoms with E-state index in [2.05, 4.69) is 44.3 Å². The monoisotopic (exact) mass is 263 g/mol. The second kappa shape index (κ2) is 4.33. The molecule has 6 heteroatoms. The Bertz CT molecular complexity index is 450. The summed E-state index contributed by atoms with van der Waals surface area (Å²) in [6, 6.07) is 0.455. The van der Waals surface area contributed by atoms with E-state index in [-0.39, 0.29) is 18.3 Å². The van der Waals surface area contributed by atoms with Crippen molar-refractivity contribution in [1.29, 1.82) is 0 Å². The lowest BCUT2D eigenvalue weighted by Crippen LogP contribution is -2.41. The average Bonchev–Trinajstić information content (AvgIpc) is 3.00. The zero-order valence-corrected chi connectivity index (χ0v) is 12.1. The van der Waals surface area contributed by atoms with Crippen molar-refractivity contribution in [2.45, 2.75) is 51.4 Å². The van der Waals surface area contributed by atoms with Gasteiger partial charge in [-0.05, 0) is 40.7 Å². The van der Waals surface area contributed by atoms with Gasteiger partial charge in [0.15, 0.2) is 0 Å². The molecule has 2 fully saturated rings. The normalized spacial score (nSPS) is 29.1. The van der Waals surface area contributed by atoms with E-state index in [1.165, 1.54) is 0 Å². The van der Waals surface area contributed by atoms with Crippen molar-refractivity contribution in [2.75, 3.05) is 13.1 Å². The lowest BCUT2D eigenvalue weighted by molar-refractivity contribution is 0.00578. The van der Waals surface area contributed by atoms with Crippen molar-refractivity contribution in [1.82, 2.24) is 15.1 Å². The Morgan fingerprint density at radius 2 is 2.00 bits per heavy atom. The van der Waals surface area contributed by atoms with Crippen LogP contribution in [0.15, 0.2) is 12.4 Å². The van der Waals surface area contributed by atoms with Gasteiger partial charge >= 0.3 is 7.12 Å². The molecule has 1 unspecified atom stereocenters. The summed E-state index contributed by atoms with van der Waals surface area (Å²) in [5, 5.41) is 7.81. The van der Waals surface area contributed by atoms with E-state index in [9.17, 15) is 0 Å². The Morgan fingerprint density at radius 1 is 1.32 bits per heavy atom. The Balaban J connectivity index is 1.77. The van der Waals surface area contributed by atoms with E-state index in [0.717, 1.165) is 25.0 Å². The highest BCUT2D eigenvalue weighted by atomic mass is 16.7. The summed E-state index contributed by atoms with van der Waals surface area (Å²) < 4.78 is 14.1. The highest BCUT2D eigenvalue weighted by Gasteiger charge is 2.52. The minimum absolute atomic E-state index is 0.297. The van der Waals surface area contributed by atoms with E-state index in [1.807, 2.05) is 10.9 Å². The van der Waals surface area contributed by atoms with Crippen LogP contribution in [0, 0.1) is 0 Å². The van der Waals surface area contributed by atoms with Crippen molar-refractivity contribution >= 4 is 12.6 Å². The first-order chi connectivity index (χ1) is 8.89. The predicted molar refractivity (Wildman–Crippen MR) is 74.5 cm³/mol. The average molecular weight is 263 g/mol. The van der Waals surface area contributed by atoms with E-state index in [1.54, 1.807) is 0 Å².